The highest BCUT2D eigenvalue weighted by atomic mass is 16.7. The zero-order chi connectivity index (χ0) is 18.0. The molecule has 0 unspecified atom stereocenters. The molecule has 2 rings (SSSR count). The molecule has 0 aromatic heterocycles. The van der Waals surface area contributed by atoms with Gasteiger partial charge in [0.2, 0.25) is 0 Å². The van der Waals surface area contributed by atoms with Gasteiger partial charge >= 0.3 is 7.12 Å². The monoisotopic (exact) mass is 333 g/mol. The number of amides is 1. The van der Waals surface area contributed by atoms with Crippen LogP contribution >= 0.6 is 0 Å². The summed E-state index contributed by atoms with van der Waals surface area (Å²) in [7, 11) is -0.437. The van der Waals surface area contributed by atoms with Crippen molar-refractivity contribution < 1.29 is 18.8 Å². The van der Waals surface area contributed by atoms with E-state index in [1.54, 1.807) is 0 Å². The Kier molecular flexibility index (Phi) is 5.61. The lowest BCUT2D eigenvalue weighted by molar-refractivity contribution is -0.123. The van der Waals surface area contributed by atoms with Crippen LogP contribution in [0.3, 0.4) is 0 Å². The summed E-state index contributed by atoms with van der Waals surface area (Å²) in [6, 6.07) is 7.50. The van der Waals surface area contributed by atoms with Crippen LogP contribution < -0.4 is 15.5 Å². The van der Waals surface area contributed by atoms with Gasteiger partial charge in [0.1, 0.15) is 5.75 Å². The van der Waals surface area contributed by atoms with Gasteiger partial charge in [-0.1, -0.05) is 26.0 Å². The minimum absolute atomic E-state index is 0.000456. The molecule has 24 heavy (non-hydrogen) atoms. The average Bonchev–Trinajstić information content (AvgIpc) is 2.71. The summed E-state index contributed by atoms with van der Waals surface area (Å²) in [5.74, 6) is 0.923. The largest absolute Gasteiger partial charge is 0.494 e. The standard InChI is InChI=1S/C18H28BNO4/c1-13(2)11-20-16(21)12-22-15-9-7-8-14(10-15)19-23-17(3,4)18(5,6)24-19/h7-10,13H,11-12H2,1-6H3,(H,20,21). The van der Waals surface area contributed by atoms with E-state index in [1.807, 2.05) is 52.0 Å². The molecule has 0 saturated carbocycles. The maximum Gasteiger partial charge on any atom is 0.494 e. The van der Waals surface area contributed by atoms with Crippen molar-refractivity contribution in [2.45, 2.75) is 52.7 Å². The zero-order valence-electron chi connectivity index (χ0n) is 15.5. The van der Waals surface area contributed by atoms with E-state index in [1.165, 1.54) is 0 Å². The van der Waals surface area contributed by atoms with Gasteiger partial charge < -0.3 is 19.4 Å². The maximum atomic E-state index is 11.7. The second kappa shape index (κ2) is 7.15. The van der Waals surface area contributed by atoms with Crippen molar-refractivity contribution >= 4 is 18.5 Å². The van der Waals surface area contributed by atoms with E-state index < -0.39 is 7.12 Å². The summed E-state index contributed by atoms with van der Waals surface area (Å²) >= 11 is 0. The van der Waals surface area contributed by atoms with Gasteiger partial charge in [-0.05, 0) is 51.2 Å². The van der Waals surface area contributed by atoms with Crippen LogP contribution in [0.5, 0.6) is 5.75 Å². The fourth-order valence-corrected chi connectivity index (χ4v) is 2.25. The lowest BCUT2D eigenvalue weighted by Gasteiger charge is -2.32. The van der Waals surface area contributed by atoms with Crippen molar-refractivity contribution in [3.05, 3.63) is 24.3 Å². The third kappa shape index (κ3) is 4.51. The lowest BCUT2D eigenvalue weighted by atomic mass is 9.79. The quantitative estimate of drug-likeness (QED) is 0.811. The fraction of sp³-hybridized carbons (Fsp3) is 0.611. The number of rotatable bonds is 6. The van der Waals surface area contributed by atoms with Gasteiger partial charge in [-0.25, -0.2) is 0 Å². The van der Waals surface area contributed by atoms with Gasteiger partial charge in [0.25, 0.3) is 5.91 Å². The predicted octanol–water partition coefficient (Wildman–Crippen LogP) is 2.14. The zero-order valence-corrected chi connectivity index (χ0v) is 15.5. The SMILES string of the molecule is CC(C)CNC(=O)COc1cccc(B2OC(C)(C)C(C)(C)O2)c1. The van der Waals surface area contributed by atoms with Crippen molar-refractivity contribution in [3.8, 4) is 5.75 Å². The number of nitrogens with one attached hydrogen (secondary N) is 1. The predicted molar refractivity (Wildman–Crippen MR) is 95.5 cm³/mol. The molecule has 132 valence electrons. The van der Waals surface area contributed by atoms with E-state index in [0.29, 0.717) is 18.2 Å². The normalized spacial score (nSPS) is 18.7. The number of carbonyl (C=O) groups is 1. The lowest BCUT2D eigenvalue weighted by Crippen LogP contribution is -2.41. The van der Waals surface area contributed by atoms with Gasteiger partial charge in [0.05, 0.1) is 11.2 Å². The molecule has 0 bridgehead atoms. The summed E-state index contributed by atoms with van der Waals surface area (Å²) in [6.45, 7) is 12.8. The van der Waals surface area contributed by atoms with Crippen LogP contribution in [0.4, 0.5) is 0 Å². The van der Waals surface area contributed by atoms with E-state index in [-0.39, 0.29) is 23.7 Å². The first-order valence-corrected chi connectivity index (χ1v) is 8.46. The van der Waals surface area contributed by atoms with Crippen molar-refractivity contribution in [2.24, 2.45) is 5.92 Å². The maximum absolute atomic E-state index is 11.7. The molecule has 5 nitrogen and oxygen atoms in total. The molecule has 1 fully saturated rings. The molecule has 1 aliphatic heterocycles. The van der Waals surface area contributed by atoms with Crippen molar-refractivity contribution in [1.82, 2.24) is 5.32 Å². The summed E-state index contributed by atoms with van der Waals surface area (Å²) in [5, 5.41) is 2.83. The molecule has 0 radical (unpaired) electrons. The highest BCUT2D eigenvalue weighted by molar-refractivity contribution is 6.62. The summed E-state index contributed by atoms with van der Waals surface area (Å²) in [4.78, 5) is 11.7. The molecule has 6 heteroatoms. The molecular formula is C18H28BNO4. The van der Waals surface area contributed by atoms with Crippen LogP contribution in [0.2, 0.25) is 0 Å². The summed E-state index contributed by atoms with van der Waals surface area (Å²) in [5.41, 5.74) is 0.116. The molecule has 1 aromatic rings. The number of carbonyl (C=O) groups excluding carboxylic acids is 1. The average molecular weight is 333 g/mol. The van der Waals surface area contributed by atoms with Crippen LogP contribution in [0, 0.1) is 5.92 Å². The van der Waals surface area contributed by atoms with E-state index in [4.69, 9.17) is 14.0 Å². The van der Waals surface area contributed by atoms with Crippen LogP contribution in [0.15, 0.2) is 24.3 Å². The van der Waals surface area contributed by atoms with Gasteiger partial charge in [0.15, 0.2) is 6.61 Å². The molecule has 0 atom stereocenters. The van der Waals surface area contributed by atoms with Crippen LogP contribution in [-0.4, -0.2) is 37.4 Å². The number of hydrogen-bond donors (Lipinski definition) is 1. The van der Waals surface area contributed by atoms with Crippen LogP contribution in [0.25, 0.3) is 0 Å². The third-order valence-corrected chi connectivity index (χ3v) is 4.46. The summed E-state index contributed by atoms with van der Waals surface area (Å²) < 4.78 is 17.7. The Morgan fingerprint density at radius 3 is 2.42 bits per heavy atom. The Morgan fingerprint density at radius 1 is 1.21 bits per heavy atom. The van der Waals surface area contributed by atoms with Gasteiger partial charge in [0, 0.05) is 6.54 Å². The van der Waals surface area contributed by atoms with Crippen LogP contribution in [-0.2, 0) is 14.1 Å². The molecule has 1 saturated heterocycles. The molecule has 0 aliphatic carbocycles. The van der Waals surface area contributed by atoms with Crippen molar-refractivity contribution in [2.75, 3.05) is 13.2 Å². The Morgan fingerprint density at radius 2 is 1.83 bits per heavy atom. The van der Waals surface area contributed by atoms with Gasteiger partial charge in [-0.2, -0.15) is 0 Å². The molecule has 0 spiro atoms. The van der Waals surface area contributed by atoms with Crippen molar-refractivity contribution in [3.63, 3.8) is 0 Å². The minimum atomic E-state index is -0.437. The molecular weight excluding hydrogens is 305 g/mol. The highest BCUT2D eigenvalue weighted by Crippen LogP contribution is 2.36. The number of benzene rings is 1. The fourth-order valence-electron chi connectivity index (χ4n) is 2.25. The van der Waals surface area contributed by atoms with E-state index in [9.17, 15) is 4.79 Å². The second-order valence-electron chi connectivity index (χ2n) is 7.65. The number of hydrogen-bond acceptors (Lipinski definition) is 4. The smallest absolute Gasteiger partial charge is 0.484 e. The molecule has 1 heterocycles. The highest BCUT2D eigenvalue weighted by Gasteiger charge is 2.51. The van der Waals surface area contributed by atoms with E-state index in [0.717, 1.165) is 5.46 Å². The summed E-state index contributed by atoms with van der Waals surface area (Å²) in [6.07, 6.45) is 0. The van der Waals surface area contributed by atoms with Gasteiger partial charge in [-0.15, -0.1) is 0 Å². The number of ether oxygens (including phenoxy) is 1. The first-order valence-electron chi connectivity index (χ1n) is 8.46. The Labute approximate surface area is 145 Å². The molecule has 1 amide bonds. The third-order valence-electron chi connectivity index (χ3n) is 4.46. The Hall–Kier alpha value is -1.53. The van der Waals surface area contributed by atoms with Crippen molar-refractivity contribution in [1.29, 1.82) is 0 Å². The van der Waals surface area contributed by atoms with Crippen LogP contribution in [0.1, 0.15) is 41.5 Å². The first-order chi connectivity index (χ1) is 11.1. The van der Waals surface area contributed by atoms with E-state index in [2.05, 4.69) is 19.2 Å². The topological polar surface area (TPSA) is 56.8 Å². The molecule has 1 aliphatic rings. The minimum Gasteiger partial charge on any atom is -0.484 e. The van der Waals surface area contributed by atoms with E-state index >= 15 is 0 Å². The Bertz CT molecular complexity index is 570. The molecule has 1 aromatic carbocycles. The second-order valence-corrected chi connectivity index (χ2v) is 7.65. The van der Waals surface area contributed by atoms with Gasteiger partial charge in [-0.3, -0.25) is 4.79 Å². The first kappa shape index (κ1) is 18.8. The molecule has 1 N–H and O–H groups in total. The Balaban J connectivity index is 1.96.